The zero-order chi connectivity index (χ0) is 19.8. The van der Waals surface area contributed by atoms with Crippen LogP contribution < -0.4 is 9.47 Å². The summed E-state index contributed by atoms with van der Waals surface area (Å²) >= 11 is 0. The van der Waals surface area contributed by atoms with Crippen LogP contribution in [0.3, 0.4) is 0 Å². The Morgan fingerprint density at radius 1 is 1.04 bits per heavy atom. The summed E-state index contributed by atoms with van der Waals surface area (Å²) in [6, 6.07) is 16.9. The number of nitrogens with zero attached hydrogens (tertiary/aromatic N) is 2. The van der Waals surface area contributed by atoms with Gasteiger partial charge in [0, 0.05) is 32.7 Å². The van der Waals surface area contributed by atoms with Crippen LogP contribution in [0.2, 0.25) is 0 Å². The summed E-state index contributed by atoms with van der Waals surface area (Å²) in [5, 5.41) is 10.3. The lowest BCUT2D eigenvalue weighted by atomic mass is 10.2. The van der Waals surface area contributed by atoms with Crippen molar-refractivity contribution in [3.63, 3.8) is 0 Å². The molecule has 1 atom stereocenters. The number of carbonyl (C=O) groups is 1. The van der Waals surface area contributed by atoms with E-state index in [2.05, 4.69) is 4.90 Å². The minimum atomic E-state index is -0.580. The first-order valence-electron chi connectivity index (χ1n) is 9.72. The molecule has 6 heteroatoms. The maximum absolute atomic E-state index is 12.4. The Labute approximate surface area is 166 Å². The van der Waals surface area contributed by atoms with Gasteiger partial charge in [0.2, 0.25) is 0 Å². The smallest absolute Gasteiger partial charge is 0.415 e. The number of carbonyl (C=O) groups excluding carboxylic acids is 1. The Kier molecular flexibility index (Phi) is 7.28. The Bertz CT molecular complexity index is 753. The van der Waals surface area contributed by atoms with Gasteiger partial charge in [-0.15, -0.1) is 0 Å². The molecule has 1 N–H and O–H groups in total. The molecule has 1 aliphatic rings. The van der Waals surface area contributed by atoms with Gasteiger partial charge in [0.05, 0.1) is 0 Å². The fourth-order valence-electron chi connectivity index (χ4n) is 3.24. The van der Waals surface area contributed by atoms with Crippen LogP contribution in [0.4, 0.5) is 4.79 Å². The lowest BCUT2D eigenvalue weighted by molar-refractivity contribution is 0.0693. The van der Waals surface area contributed by atoms with Crippen LogP contribution in [-0.4, -0.2) is 66.4 Å². The van der Waals surface area contributed by atoms with E-state index in [1.807, 2.05) is 49.4 Å². The zero-order valence-corrected chi connectivity index (χ0v) is 16.3. The molecule has 0 bridgehead atoms. The number of hydrogen-bond acceptors (Lipinski definition) is 5. The molecule has 0 radical (unpaired) electrons. The summed E-state index contributed by atoms with van der Waals surface area (Å²) in [6.07, 6.45) is -0.0604. The lowest BCUT2D eigenvalue weighted by Crippen LogP contribution is -2.39. The number of benzene rings is 2. The topological polar surface area (TPSA) is 62.2 Å². The molecule has 3 rings (SSSR count). The quantitative estimate of drug-likeness (QED) is 0.830. The third-order valence-electron chi connectivity index (χ3n) is 4.70. The van der Waals surface area contributed by atoms with Gasteiger partial charge in [0.25, 0.3) is 0 Å². The van der Waals surface area contributed by atoms with Crippen molar-refractivity contribution in [2.24, 2.45) is 0 Å². The molecule has 0 aliphatic carbocycles. The van der Waals surface area contributed by atoms with Gasteiger partial charge in [-0.05, 0) is 43.2 Å². The lowest BCUT2D eigenvalue weighted by Gasteiger charge is -2.24. The molecule has 6 nitrogen and oxygen atoms in total. The van der Waals surface area contributed by atoms with Gasteiger partial charge in [-0.3, -0.25) is 4.90 Å². The third-order valence-corrected chi connectivity index (χ3v) is 4.70. The molecule has 0 saturated carbocycles. The monoisotopic (exact) mass is 384 g/mol. The van der Waals surface area contributed by atoms with E-state index in [9.17, 15) is 9.90 Å². The van der Waals surface area contributed by atoms with Crippen molar-refractivity contribution in [1.82, 2.24) is 9.80 Å². The van der Waals surface area contributed by atoms with Gasteiger partial charge in [0.1, 0.15) is 24.2 Å². The summed E-state index contributed by atoms with van der Waals surface area (Å²) in [4.78, 5) is 16.2. The van der Waals surface area contributed by atoms with Gasteiger partial charge in [-0.1, -0.05) is 30.3 Å². The molecular weight excluding hydrogens is 356 g/mol. The Morgan fingerprint density at radius 2 is 1.82 bits per heavy atom. The average Bonchev–Trinajstić information content (AvgIpc) is 2.93. The summed E-state index contributed by atoms with van der Waals surface area (Å²) in [7, 11) is 0. The molecule has 0 spiro atoms. The maximum Gasteiger partial charge on any atom is 0.415 e. The van der Waals surface area contributed by atoms with Crippen molar-refractivity contribution >= 4 is 6.09 Å². The van der Waals surface area contributed by atoms with Crippen molar-refractivity contribution in [2.75, 3.05) is 39.3 Å². The van der Waals surface area contributed by atoms with Crippen molar-refractivity contribution in [1.29, 1.82) is 0 Å². The van der Waals surface area contributed by atoms with E-state index in [4.69, 9.17) is 9.47 Å². The summed E-state index contributed by atoms with van der Waals surface area (Å²) in [5.74, 6) is 1.32. The summed E-state index contributed by atoms with van der Waals surface area (Å²) in [5.41, 5.74) is 1.13. The predicted molar refractivity (Wildman–Crippen MR) is 108 cm³/mol. The average molecular weight is 384 g/mol. The highest BCUT2D eigenvalue weighted by atomic mass is 16.6. The van der Waals surface area contributed by atoms with Gasteiger partial charge >= 0.3 is 6.09 Å². The summed E-state index contributed by atoms with van der Waals surface area (Å²) in [6.45, 7) is 5.54. The van der Waals surface area contributed by atoms with Crippen LogP contribution in [0.5, 0.6) is 11.5 Å². The number of amides is 1. The van der Waals surface area contributed by atoms with Gasteiger partial charge < -0.3 is 19.5 Å². The molecule has 1 amide bonds. The van der Waals surface area contributed by atoms with E-state index in [1.54, 1.807) is 17.0 Å². The number of hydrogen-bond donors (Lipinski definition) is 1. The van der Waals surface area contributed by atoms with Gasteiger partial charge in [-0.25, -0.2) is 4.79 Å². The van der Waals surface area contributed by atoms with Crippen LogP contribution in [0, 0.1) is 6.92 Å². The summed E-state index contributed by atoms with van der Waals surface area (Å²) < 4.78 is 11.1. The molecule has 1 aliphatic heterocycles. The second kappa shape index (κ2) is 10.1. The second-order valence-corrected chi connectivity index (χ2v) is 7.10. The van der Waals surface area contributed by atoms with E-state index in [0.29, 0.717) is 31.9 Å². The van der Waals surface area contributed by atoms with Crippen LogP contribution in [0.25, 0.3) is 0 Å². The zero-order valence-electron chi connectivity index (χ0n) is 16.3. The number of ether oxygens (including phenoxy) is 2. The second-order valence-electron chi connectivity index (χ2n) is 7.10. The van der Waals surface area contributed by atoms with Gasteiger partial charge in [-0.2, -0.15) is 0 Å². The van der Waals surface area contributed by atoms with E-state index in [-0.39, 0.29) is 12.7 Å². The van der Waals surface area contributed by atoms with Crippen LogP contribution in [-0.2, 0) is 0 Å². The van der Waals surface area contributed by atoms with Crippen LogP contribution in [0.15, 0.2) is 54.6 Å². The molecule has 28 heavy (non-hydrogen) atoms. The fourth-order valence-corrected chi connectivity index (χ4v) is 3.24. The molecule has 2 aromatic carbocycles. The third kappa shape index (κ3) is 6.25. The van der Waals surface area contributed by atoms with Crippen molar-refractivity contribution in [2.45, 2.75) is 19.4 Å². The Morgan fingerprint density at radius 3 is 2.61 bits per heavy atom. The molecule has 2 aromatic rings. The number of aliphatic hydroxyl groups excluding tert-OH is 1. The van der Waals surface area contributed by atoms with Crippen LogP contribution >= 0.6 is 0 Å². The number of aliphatic hydroxyl groups is 1. The molecule has 150 valence electrons. The first kappa shape index (κ1) is 20.2. The van der Waals surface area contributed by atoms with Crippen molar-refractivity contribution in [3.05, 3.63) is 60.2 Å². The number of rotatable bonds is 6. The maximum atomic E-state index is 12.4. The van der Waals surface area contributed by atoms with Crippen LogP contribution in [0.1, 0.15) is 12.0 Å². The van der Waals surface area contributed by atoms with E-state index in [0.717, 1.165) is 24.3 Å². The SMILES string of the molecule is Cc1cccc(OCC(O)CN2CCCN(C(=O)Oc3ccccc3)CC2)c1. The highest BCUT2D eigenvalue weighted by molar-refractivity contribution is 5.70. The first-order valence-corrected chi connectivity index (χ1v) is 9.72. The first-order chi connectivity index (χ1) is 13.6. The van der Waals surface area contributed by atoms with Crippen molar-refractivity contribution < 1.29 is 19.4 Å². The predicted octanol–water partition coefficient (Wildman–Crippen LogP) is 2.94. The minimum absolute atomic E-state index is 0.250. The molecule has 1 heterocycles. The molecule has 1 saturated heterocycles. The van der Waals surface area contributed by atoms with Crippen molar-refractivity contribution in [3.8, 4) is 11.5 Å². The fraction of sp³-hybridized carbons (Fsp3) is 0.409. The van der Waals surface area contributed by atoms with E-state index in [1.165, 1.54) is 0 Å². The van der Waals surface area contributed by atoms with E-state index < -0.39 is 6.10 Å². The molecule has 1 unspecified atom stereocenters. The Hall–Kier alpha value is -2.57. The highest BCUT2D eigenvalue weighted by Crippen LogP contribution is 2.14. The minimum Gasteiger partial charge on any atom is -0.491 e. The normalized spacial score (nSPS) is 16.3. The number of β-amino-alcohol motifs (C(OH)–C–C–N with tert-alkyl or cyclic N) is 1. The molecule has 0 aromatic heterocycles. The standard InChI is InChI=1S/C22H28N2O4/c1-18-7-5-10-21(15-18)27-17-19(25)16-23-11-6-12-24(14-13-23)22(26)28-20-8-3-2-4-9-20/h2-5,7-10,15,19,25H,6,11-14,16-17H2,1H3. The number of aryl methyl sites for hydroxylation is 1. The van der Waals surface area contributed by atoms with E-state index >= 15 is 0 Å². The number of para-hydroxylation sites is 1. The largest absolute Gasteiger partial charge is 0.491 e. The highest BCUT2D eigenvalue weighted by Gasteiger charge is 2.22. The van der Waals surface area contributed by atoms with Gasteiger partial charge in [0.15, 0.2) is 0 Å². The molecular formula is C22H28N2O4. The Balaban J connectivity index is 1.42. The molecule has 1 fully saturated rings.